The van der Waals surface area contributed by atoms with E-state index in [0.717, 1.165) is 14.2 Å². The number of esters is 3. The summed E-state index contributed by atoms with van der Waals surface area (Å²) in [5.41, 5.74) is 2.74. The van der Waals surface area contributed by atoms with Gasteiger partial charge in [0.2, 0.25) is 0 Å². The molecule has 0 aromatic rings. The van der Waals surface area contributed by atoms with Crippen molar-refractivity contribution in [1.29, 1.82) is 0 Å². The fraction of sp³-hybridized carbons (Fsp3) is 0.812. The second kappa shape index (κ2) is 9.58. The van der Waals surface area contributed by atoms with Crippen LogP contribution in [-0.2, 0) is 28.6 Å². The van der Waals surface area contributed by atoms with Crippen molar-refractivity contribution in [3.05, 3.63) is 0 Å². The maximum Gasteiger partial charge on any atom is 0.351 e. The third kappa shape index (κ3) is 6.84. The maximum absolute atomic E-state index is 11.7. The van der Waals surface area contributed by atoms with Crippen LogP contribution in [0.15, 0.2) is 0 Å². The quantitative estimate of drug-likeness (QED) is 0.270. The predicted molar refractivity (Wildman–Crippen MR) is 85.9 cm³/mol. The minimum Gasteiger partial charge on any atom is -0.466 e. The topological polar surface area (TPSA) is 125 Å². The van der Waals surface area contributed by atoms with E-state index in [-0.39, 0.29) is 18.8 Å². The summed E-state index contributed by atoms with van der Waals surface area (Å²) in [6.45, 7) is 5.39. The van der Waals surface area contributed by atoms with E-state index in [0.29, 0.717) is 19.3 Å². The molecule has 0 aliphatic carbocycles. The minimum absolute atomic E-state index is 0.190. The number of ether oxygens (including phenoxy) is 3. The molecular weight excluding hydrogens is 318 g/mol. The largest absolute Gasteiger partial charge is 0.466 e. The Morgan fingerprint density at radius 3 is 1.92 bits per heavy atom. The van der Waals surface area contributed by atoms with Gasteiger partial charge < -0.3 is 25.1 Å². The van der Waals surface area contributed by atoms with Crippen LogP contribution in [0.2, 0.25) is 0 Å². The van der Waals surface area contributed by atoms with Crippen LogP contribution < -0.4 is 5.73 Å². The summed E-state index contributed by atoms with van der Waals surface area (Å²) >= 11 is 0. The first-order valence-corrected chi connectivity index (χ1v) is 7.85. The first kappa shape index (κ1) is 22.3. The Morgan fingerprint density at radius 1 is 1.00 bits per heavy atom. The highest BCUT2D eigenvalue weighted by Crippen LogP contribution is 2.19. The Hall–Kier alpha value is -1.67. The Labute approximate surface area is 142 Å². The van der Waals surface area contributed by atoms with Crippen LogP contribution in [0.5, 0.6) is 0 Å². The highest BCUT2D eigenvalue weighted by Gasteiger charge is 2.51. The number of rotatable bonds is 9. The summed E-state index contributed by atoms with van der Waals surface area (Å²) in [5.74, 6) is -2.60. The van der Waals surface area contributed by atoms with Gasteiger partial charge in [0.25, 0.3) is 5.60 Å². The van der Waals surface area contributed by atoms with Gasteiger partial charge in [0, 0.05) is 6.42 Å². The number of unbranched alkanes of at least 4 members (excludes halogenated alkanes) is 2. The Morgan fingerprint density at radius 2 is 1.50 bits per heavy atom. The van der Waals surface area contributed by atoms with Crippen molar-refractivity contribution in [3.8, 4) is 0 Å². The fourth-order valence-electron chi connectivity index (χ4n) is 2.11. The molecule has 0 radical (unpaired) electrons. The van der Waals surface area contributed by atoms with Crippen molar-refractivity contribution < 1.29 is 33.7 Å². The lowest BCUT2D eigenvalue weighted by Gasteiger charge is -2.28. The SMILES string of the molecule is COC(=O)C(O)(C(=O)OC)C(N)CCCCCC(=O)OC(C)(C)C. The molecular formula is C16H29NO7. The third-order valence-corrected chi connectivity index (χ3v) is 3.35. The Kier molecular flexibility index (Phi) is 8.92. The molecule has 0 heterocycles. The zero-order valence-electron chi connectivity index (χ0n) is 15.1. The van der Waals surface area contributed by atoms with Crippen LogP contribution in [0.25, 0.3) is 0 Å². The van der Waals surface area contributed by atoms with Crippen molar-refractivity contribution >= 4 is 17.9 Å². The first-order valence-electron chi connectivity index (χ1n) is 7.85. The van der Waals surface area contributed by atoms with E-state index in [9.17, 15) is 19.5 Å². The van der Waals surface area contributed by atoms with Gasteiger partial charge in [-0.1, -0.05) is 12.8 Å². The van der Waals surface area contributed by atoms with E-state index in [1.54, 1.807) is 20.8 Å². The molecule has 0 spiro atoms. The highest BCUT2D eigenvalue weighted by molar-refractivity contribution is 6.04. The van der Waals surface area contributed by atoms with Gasteiger partial charge in [-0.25, -0.2) is 9.59 Å². The second-order valence-corrected chi connectivity index (χ2v) is 6.54. The van der Waals surface area contributed by atoms with E-state index in [1.807, 2.05) is 0 Å². The monoisotopic (exact) mass is 347 g/mol. The fourth-order valence-corrected chi connectivity index (χ4v) is 2.11. The molecule has 0 aliphatic rings. The Balaban J connectivity index is 4.37. The number of hydrogen-bond acceptors (Lipinski definition) is 8. The number of carbonyl (C=O) groups excluding carboxylic acids is 3. The van der Waals surface area contributed by atoms with Gasteiger partial charge in [0.05, 0.1) is 20.3 Å². The van der Waals surface area contributed by atoms with Crippen molar-refractivity contribution in [2.45, 2.75) is 70.1 Å². The summed E-state index contributed by atoms with van der Waals surface area (Å²) in [7, 11) is 2.09. The average Bonchev–Trinajstić information content (AvgIpc) is 2.49. The molecule has 0 rings (SSSR count). The van der Waals surface area contributed by atoms with E-state index < -0.39 is 29.2 Å². The molecule has 0 amide bonds. The molecule has 0 bridgehead atoms. The number of methoxy groups -OCH3 is 2. The molecule has 1 unspecified atom stereocenters. The molecule has 0 saturated heterocycles. The normalized spacial score (nSPS) is 13.1. The van der Waals surface area contributed by atoms with Gasteiger partial charge >= 0.3 is 17.9 Å². The van der Waals surface area contributed by atoms with Gasteiger partial charge in [0.15, 0.2) is 0 Å². The van der Waals surface area contributed by atoms with Crippen molar-refractivity contribution in [2.24, 2.45) is 5.73 Å². The number of aliphatic hydroxyl groups is 1. The molecule has 8 heteroatoms. The van der Waals surface area contributed by atoms with Crippen molar-refractivity contribution in [2.75, 3.05) is 14.2 Å². The lowest BCUT2D eigenvalue weighted by Crippen LogP contribution is -2.60. The molecule has 0 saturated carbocycles. The van der Waals surface area contributed by atoms with E-state index in [4.69, 9.17) is 10.5 Å². The number of nitrogens with two attached hydrogens (primary N) is 1. The molecule has 0 aliphatic heterocycles. The molecule has 8 nitrogen and oxygen atoms in total. The summed E-state index contributed by atoms with van der Waals surface area (Å²) in [6, 6.07) is -1.17. The second-order valence-electron chi connectivity index (χ2n) is 6.54. The smallest absolute Gasteiger partial charge is 0.351 e. The number of hydrogen-bond donors (Lipinski definition) is 2. The van der Waals surface area contributed by atoms with E-state index in [2.05, 4.69) is 9.47 Å². The predicted octanol–water partition coefficient (Wildman–Crippen LogP) is 0.683. The van der Waals surface area contributed by atoms with Gasteiger partial charge in [-0.2, -0.15) is 0 Å². The Bertz CT molecular complexity index is 426. The van der Waals surface area contributed by atoms with Crippen LogP contribution in [0, 0.1) is 0 Å². The van der Waals surface area contributed by atoms with E-state index in [1.165, 1.54) is 0 Å². The molecule has 0 aromatic carbocycles. The summed E-state index contributed by atoms with van der Waals surface area (Å²) in [6.07, 6.45) is 2.18. The average molecular weight is 347 g/mol. The zero-order chi connectivity index (χ0) is 19.0. The molecule has 3 N–H and O–H groups in total. The maximum atomic E-state index is 11.7. The lowest BCUT2D eigenvalue weighted by atomic mass is 9.90. The van der Waals surface area contributed by atoms with Gasteiger partial charge in [-0.05, 0) is 33.6 Å². The molecule has 0 fully saturated rings. The molecule has 1 atom stereocenters. The molecule has 0 aromatic heterocycles. The third-order valence-electron chi connectivity index (χ3n) is 3.35. The lowest BCUT2D eigenvalue weighted by molar-refractivity contribution is -0.183. The minimum atomic E-state index is -2.53. The van der Waals surface area contributed by atoms with Crippen LogP contribution in [0.4, 0.5) is 0 Å². The van der Waals surface area contributed by atoms with Crippen LogP contribution in [0.3, 0.4) is 0 Å². The zero-order valence-corrected chi connectivity index (χ0v) is 15.1. The number of carbonyl (C=O) groups is 3. The standard InChI is InChI=1S/C16H29NO7/c1-15(2,3)24-12(18)10-8-6-7-9-11(17)16(21,13(19)22-4)14(20)23-5/h11,21H,6-10,17H2,1-5H3. The van der Waals surface area contributed by atoms with Gasteiger partial charge in [-0.3, -0.25) is 4.79 Å². The summed E-state index contributed by atoms with van der Waals surface area (Å²) in [5, 5.41) is 10.2. The molecule has 140 valence electrons. The van der Waals surface area contributed by atoms with Gasteiger partial charge in [0.1, 0.15) is 5.60 Å². The highest BCUT2D eigenvalue weighted by atomic mass is 16.6. The molecule has 24 heavy (non-hydrogen) atoms. The first-order chi connectivity index (χ1) is 11.0. The van der Waals surface area contributed by atoms with E-state index >= 15 is 0 Å². The van der Waals surface area contributed by atoms with Crippen molar-refractivity contribution in [3.63, 3.8) is 0 Å². The van der Waals surface area contributed by atoms with Crippen molar-refractivity contribution in [1.82, 2.24) is 0 Å². The van der Waals surface area contributed by atoms with Crippen LogP contribution >= 0.6 is 0 Å². The summed E-state index contributed by atoms with van der Waals surface area (Å²) in [4.78, 5) is 34.9. The van der Waals surface area contributed by atoms with Crippen LogP contribution in [-0.4, -0.2) is 54.5 Å². The van der Waals surface area contributed by atoms with Crippen LogP contribution in [0.1, 0.15) is 52.9 Å². The van der Waals surface area contributed by atoms with Gasteiger partial charge in [-0.15, -0.1) is 0 Å². The summed E-state index contributed by atoms with van der Waals surface area (Å²) < 4.78 is 14.1.